The number of likely N-dealkylation sites (N-methyl/N-ethyl adjacent to an activating group) is 1. The van der Waals surface area contributed by atoms with Crippen LogP contribution >= 0.6 is 24.0 Å². The summed E-state index contributed by atoms with van der Waals surface area (Å²) in [6.07, 6.45) is 0. The topological polar surface area (TPSA) is 66.0 Å². The average Bonchev–Trinajstić information content (AvgIpc) is 2.52. The van der Waals surface area contributed by atoms with E-state index in [1.54, 1.807) is 20.2 Å². The van der Waals surface area contributed by atoms with Gasteiger partial charge in [0.25, 0.3) is 0 Å². The largest absolute Gasteiger partial charge is 0.497 e. The van der Waals surface area contributed by atoms with Crippen molar-refractivity contribution in [1.82, 2.24) is 15.5 Å². The first-order valence-corrected chi connectivity index (χ1v) is 7.52. The third-order valence-corrected chi connectivity index (χ3v) is 3.05. The van der Waals surface area contributed by atoms with Crippen LogP contribution in [-0.4, -0.2) is 51.1 Å². The number of nitrogens with one attached hydrogen (secondary N) is 2. The molecule has 8 heteroatoms. The Balaban J connectivity index is 0.00000576. The summed E-state index contributed by atoms with van der Waals surface area (Å²) >= 11 is 0. The van der Waals surface area contributed by atoms with Crippen molar-refractivity contribution in [3.8, 4) is 5.75 Å². The van der Waals surface area contributed by atoms with Gasteiger partial charge in [-0.1, -0.05) is 12.2 Å². The quantitative estimate of drug-likeness (QED) is 0.281. The van der Waals surface area contributed by atoms with Gasteiger partial charge in [-0.15, -0.1) is 24.0 Å². The van der Waals surface area contributed by atoms with E-state index in [0.717, 1.165) is 5.57 Å². The van der Waals surface area contributed by atoms with Gasteiger partial charge < -0.3 is 20.3 Å². The highest BCUT2D eigenvalue weighted by atomic mass is 127. The molecule has 0 fully saturated rings. The number of ether oxygens (including phenoxy) is 1. The Morgan fingerprint density at radius 2 is 1.92 bits per heavy atom. The molecule has 0 heterocycles. The van der Waals surface area contributed by atoms with Crippen LogP contribution in [-0.2, 0) is 11.3 Å². The molecule has 0 saturated heterocycles. The first kappa shape index (κ1) is 23.2. The van der Waals surface area contributed by atoms with E-state index in [2.05, 4.69) is 22.2 Å². The normalized spacial score (nSPS) is 10.5. The van der Waals surface area contributed by atoms with Gasteiger partial charge >= 0.3 is 0 Å². The van der Waals surface area contributed by atoms with Crippen LogP contribution in [0.3, 0.4) is 0 Å². The van der Waals surface area contributed by atoms with Crippen molar-refractivity contribution in [3.63, 3.8) is 0 Å². The molecule has 0 aliphatic heterocycles. The number of halogens is 2. The lowest BCUT2D eigenvalue weighted by Crippen LogP contribution is -2.43. The Morgan fingerprint density at radius 1 is 1.28 bits per heavy atom. The smallest absolute Gasteiger partial charge is 0.241 e. The van der Waals surface area contributed by atoms with Gasteiger partial charge in [-0.3, -0.25) is 4.79 Å². The van der Waals surface area contributed by atoms with Gasteiger partial charge in [0.05, 0.1) is 20.2 Å². The van der Waals surface area contributed by atoms with E-state index in [9.17, 15) is 9.18 Å². The summed E-state index contributed by atoms with van der Waals surface area (Å²) in [6, 6.07) is 4.42. The third kappa shape index (κ3) is 9.28. The van der Waals surface area contributed by atoms with Crippen molar-refractivity contribution < 1.29 is 13.9 Å². The fourth-order valence-corrected chi connectivity index (χ4v) is 1.73. The standard InChI is InChI=1S/C17H25FN4O2.HI/c1-12(2)9-19-17(21-11-16(23)22(3)4)20-10-13-6-14(18)8-15(7-13)24-5;/h6-8H,1,9-11H2,2-5H3,(H2,19,20,21);1H. The molecular formula is C17H26FIN4O2. The van der Waals surface area contributed by atoms with Crippen molar-refractivity contribution in [2.24, 2.45) is 4.99 Å². The molecule has 2 N–H and O–H groups in total. The Hall–Kier alpha value is -1.84. The SMILES string of the molecule is C=C(C)CNC(=NCc1cc(F)cc(OC)c1)NCC(=O)N(C)C.I. The van der Waals surface area contributed by atoms with Crippen LogP contribution in [0.4, 0.5) is 4.39 Å². The molecule has 0 bridgehead atoms. The lowest BCUT2D eigenvalue weighted by molar-refractivity contribution is -0.127. The number of guanidine groups is 1. The summed E-state index contributed by atoms with van der Waals surface area (Å²) in [7, 11) is 4.85. The summed E-state index contributed by atoms with van der Waals surface area (Å²) in [5, 5.41) is 6.02. The van der Waals surface area contributed by atoms with E-state index in [4.69, 9.17) is 4.74 Å². The molecule has 0 saturated carbocycles. The predicted octanol–water partition coefficient (Wildman–Crippen LogP) is 2.15. The Morgan fingerprint density at radius 3 is 2.48 bits per heavy atom. The highest BCUT2D eigenvalue weighted by Crippen LogP contribution is 2.16. The number of carbonyl (C=O) groups excluding carboxylic acids is 1. The van der Waals surface area contributed by atoms with E-state index < -0.39 is 0 Å². The van der Waals surface area contributed by atoms with Crippen molar-refractivity contribution in [1.29, 1.82) is 0 Å². The predicted molar refractivity (Wildman–Crippen MR) is 109 cm³/mol. The molecular weight excluding hydrogens is 438 g/mol. The minimum atomic E-state index is -0.383. The molecule has 0 unspecified atom stereocenters. The van der Waals surface area contributed by atoms with Gasteiger partial charge in [-0.2, -0.15) is 0 Å². The average molecular weight is 464 g/mol. The molecule has 0 spiro atoms. The zero-order valence-corrected chi connectivity index (χ0v) is 17.4. The number of carbonyl (C=O) groups is 1. The number of aliphatic imine (C=N–C) groups is 1. The third-order valence-electron chi connectivity index (χ3n) is 3.05. The van der Waals surface area contributed by atoms with E-state index >= 15 is 0 Å². The molecule has 0 aromatic heterocycles. The molecule has 0 aliphatic rings. The van der Waals surface area contributed by atoms with Gasteiger partial charge in [0.1, 0.15) is 11.6 Å². The minimum Gasteiger partial charge on any atom is -0.497 e. The number of benzene rings is 1. The van der Waals surface area contributed by atoms with E-state index in [0.29, 0.717) is 23.8 Å². The van der Waals surface area contributed by atoms with Crippen LogP contribution in [0.2, 0.25) is 0 Å². The molecule has 140 valence electrons. The van der Waals surface area contributed by atoms with E-state index in [1.165, 1.54) is 24.1 Å². The van der Waals surface area contributed by atoms with Crippen molar-refractivity contribution in [3.05, 3.63) is 41.7 Å². The number of hydrogen-bond donors (Lipinski definition) is 2. The molecule has 6 nitrogen and oxygen atoms in total. The lowest BCUT2D eigenvalue weighted by atomic mass is 10.2. The highest BCUT2D eigenvalue weighted by molar-refractivity contribution is 14.0. The first-order valence-electron chi connectivity index (χ1n) is 7.52. The maximum Gasteiger partial charge on any atom is 0.241 e. The van der Waals surface area contributed by atoms with Crippen LogP contribution < -0.4 is 15.4 Å². The maximum absolute atomic E-state index is 13.5. The van der Waals surface area contributed by atoms with Gasteiger partial charge in [0.2, 0.25) is 5.91 Å². The van der Waals surface area contributed by atoms with Gasteiger partial charge in [-0.05, 0) is 24.6 Å². The second kappa shape index (κ2) is 11.7. The molecule has 25 heavy (non-hydrogen) atoms. The summed E-state index contributed by atoms with van der Waals surface area (Å²) in [6.45, 7) is 6.58. The van der Waals surface area contributed by atoms with E-state index in [1.807, 2.05) is 6.92 Å². The Labute approximate surface area is 165 Å². The Kier molecular flexibility index (Phi) is 10.8. The second-order valence-corrected chi connectivity index (χ2v) is 5.62. The maximum atomic E-state index is 13.5. The molecule has 0 aliphatic carbocycles. The van der Waals surface area contributed by atoms with Crippen molar-refractivity contribution >= 4 is 35.8 Å². The molecule has 0 radical (unpaired) electrons. The summed E-state index contributed by atoms with van der Waals surface area (Å²) in [4.78, 5) is 17.5. The minimum absolute atomic E-state index is 0. The lowest BCUT2D eigenvalue weighted by Gasteiger charge is -2.15. The van der Waals surface area contributed by atoms with Gasteiger partial charge in [0.15, 0.2) is 5.96 Å². The number of amides is 1. The summed E-state index contributed by atoms with van der Waals surface area (Å²) < 4.78 is 18.6. The van der Waals surface area contributed by atoms with Gasteiger partial charge in [-0.25, -0.2) is 9.38 Å². The van der Waals surface area contributed by atoms with Gasteiger partial charge in [0, 0.05) is 26.7 Å². The fourth-order valence-electron chi connectivity index (χ4n) is 1.73. The molecule has 0 atom stereocenters. The zero-order chi connectivity index (χ0) is 18.1. The molecule has 1 amide bonds. The molecule has 1 aromatic carbocycles. The van der Waals surface area contributed by atoms with Crippen LogP contribution in [0.15, 0.2) is 35.3 Å². The Bertz CT molecular complexity index is 621. The number of hydrogen-bond acceptors (Lipinski definition) is 3. The van der Waals surface area contributed by atoms with Crippen molar-refractivity contribution in [2.45, 2.75) is 13.5 Å². The number of rotatable bonds is 7. The van der Waals surface area contributed by atoms with Crippen LogP contribution in [0, 0.1) is 5.82 Å². The first-order chi connectivity index (χ1) is 11.3. The monoisotopic (exact) mass is 464 g/mol. The number of nitrogens with zero attached hydrogens (tertiary/aromatic N) is 2. The fraction of sp³-hybridized carbons (Fsp3) is 0.412. The highest BCUT2D eigenvalue weighted by Gasteiger charge is 2.06. The van der Waals surface area contributed by atoms with Crippen LogP contribution in [0.5, 0.6) is 5.75 Å². The molecule has 1 rings (SSSR count). The van der Waals surface area contributed by atoms with Crippen LogP contribution in [0.1, 0.15) is 12.5 Å². The van der Waals surface area contributed by atoms with Crippen molar-refractivity contribution in [2.75, 3.05) is 34.3 Å². The summed E-state index contributed by atoms with van der Waals surface area (Å²) in [5.74, 6) is 0.433. The van der Waals surface area contributed by atoms with Crippen LogP contribution in [0.25, 0.3) is 0 Å². The number of methoxy groups -OCH3 is 1. The zero-order valence-electron chi connectivity index (χ0n) is 15.1. The molecule has 1 aromatic rings. The second-order valence-electron chi connectivity index (χ2n) is 5.62. The van der Waals surface area contributed by atoms with E-state index in [-0.39, 0.29) is 48.8 Å². The summed E-state index contributed by atoms with van der Waals surface area (Å²) in [5.41, 5.74) is 1.60.